The van der Waals surface area contributed by atoms with Crippen LogP contribution in [0.4, 0.5) is 5.69 Å². The van der Waals surface area contributed by atoms with Crippen molar-refractivity contribution in [2.24, 2.45) is 0 Å². The fourth-order valence-corrected chi connectivity index (χ4v) is 2.29. The fraction of sp³-hybridized carbons (Fsp3) is 0.467. The molecule has 1 N–H and O–H groups in total. The molecule has 19 heavy (non-hydrogen) atoms. The van der Waals surface area contributed by atoms with Gasteiger partial charge in [0.2, 0.25) is 11.8 Å². The molecule has 0 spiro atoms. The summed E-state index contributed by atoms with van der Waals surface area (Å²) < 4.78 is 0. The average Bonchev–Trinajstić information content (AvgIpc) is 2.62. The van der Waals surface area contributed by atoms with Crippen LogP contribution in [0.15, 0.2) is 24.3 Å². The lowest BCUT2D eigenvalue weighted by Gasteiger charge is -2.23. The first kappa shape index (κ1) is 13.6. The molecule has 1 atom stereocenters. The van der Waals surface area contributed by atoms with E-state index in [2.05, 4.69) is 5.32 Å². The summed E-state index contributed by atoms with van der Waals surface area (Å²) >= 11 is 0. The Labute approximate surface area is 113 Å². The standard InChI is InChI=1S/C15H20N2O2/c1-11-7-9-12(10-8-11)17(2)15(19)13-5-3-4-6-14(18)16-13/h7-10,13H,3-6H2,1-2H3,(H,16,18)/t13-/m1/s1. The number of anilines is 1. The van der Waals surface area contributed by atoms with Gasteiger partial charge in [-0.25, -0.2) is 0 Å². The number of hydrogen-bond acceptors (Lipinski definition) is 2. The van der Waals surface area contributed by atoms with Gasteiger partial charge in [-0.3, -0.25) is 9.59 Å². The number of nitrogens with one attached hydrogen (secondary N) is 1. The molecule has 0 radical (unpaired) electrons. The van der Waals surface area contributed by atoms with E-state index in [1.807, 2.05) is 31.2 Å². The minimum Gasteiger partial charge on any atom is -0.344 e. The molecule has 1 aliphatic heterocycles. The first-order valence-electron chi connectivity index (χ1n) is 6.71. The zero-order valence-corrected chi connectivity index (χ0v) is 11.5. The SMILES string of the molecule is Cc1ccc(N(C)C(=O)[C@H]2CCCCC(=O)N2)cc1. The molecule has 0 aliphatic carbocycles. The van der Waals surface area contributed by atoms with Gasteiger partial charge in [-0.1, -0.05) is 24.1 Å². The molecule has 102 valence electrons. The molecule has 4 nitrogen and oxygen atoms in total. The van der Waals surface area contributed by atoms with E-state index in [0.29, 0.717) is 6.42 Å². The van der Waals surface area contributed by atoms with Crippen LogP contribution < -0.4 is 10.2 Å². The normalized spacial score (nSPS) is 19.5. The van der Waals surface area contributed by atoms with Gasteiger partial charge in [0.05, 0.1) is 0 Å². The maximum Gasteiger partial charge on any atom is 0.249 e. The van der Waals surface area contributed by atoms with Crippen molar-refractivity contribution in [3.8, 4) is 0 Å². The summed E-state index contributed by atoms with van der Waals surface area (Å²) in [6, 6.07) is 7.41. The quantitative estimate of drug-likeness (QED) is 0.884. The topological polar surface area (TPSA) is 49.4 Å². The number of carbonyl (C=O) groups is 2. The summed E-state index contributed by atoms with van der Waals surface area (Å²) in [6.45, 7) is 2.01. The van der Waals surface area contributed by atoms with E-state index in [1.165, 1.54) is 0 Å². The molecule has 1 aromatic rings. The molecular formula is C15H20N2O2. The fourth-order valence-electron chi connectivity index (χ4n) is 2.29. The highest BCUT2D eigenvalue weighted by Gasteiger charge is 2.26. The van der Waals surface area contributed by atoms with Crippen molar-refractivity contribution in [3.05, 3.63) is 29.8 Å². The summed E-state index contributed by atoms with van der Waals surface area (Å²) in [4.78, 5) is 25.5. The van der Waals surface area contributed by atoms with E-state index in [9.17, 15) is 9.59 Å². The molecule has 4 heteroatoms. The zero-order chi connectivity index (χ0) is 13.8. The Morgan fingerprint density at radius 2 is 1.95 bits per heavy atom. The number of rotatable bonds is 2. The van der Waals surface area contributed by atoms with E-state index >= 15 is 0 Å². The Morgan fingerprint density at radius 3 is 2.63 bits per heavy atom. The second-order valence-corrected chi connectivity index (χ2v) is 5.10. The van der Waals surface area contributed by atoms with Crippen LogP contribution in [0, 0.1) is 6.92 Å². The van der Waals surface area contributed by atoms with Gasteiger partial charge in [0, 0.05) is 19.2 Å². The predicted octanol–water partition coefficient (Wildman–Crippen LogP) is 2.02. The van der Waals surface area contributed by atoms with Crippen molar-refractivity contribution in [3.63, 3.8) is 0 Å². The van der Waals surface area contributed by atoms with Crippen molar-refractivity contribution < 1.29 is 9.59 Å². The highest BCUT2D eigenvalue weighted by atomic mass is 16.2. The molecule has 0 bridgehead atoms. The number of amides is 2. The minimum absolute atomic E-state index is 0.0202. The maximum absolute atomic E-state index is 12.4. The van der Waals surface area contributed by atoms with Crippen molar-refractivity contribution >= 4 is 17.5 Å². The van der Waals surface area contributed by atoms with Crippen LogP contribution in [0.5, 0.6) is 0 Å². The molecular weight excluding hydrogens is 240 g/mol. The van der Waals surface area contributed by atoms with Gasteiger partial charge in [-0.15, -0.1) is 0 Å². The van der Waals surface area contributed by atoms with Crippen molar-refractivity contribution in [1.29, 1.82) is 0 Å². The van der Waals surface area contributed by atoms with Crippen LogP contribution >= 0.6 is 0 Å². The summed E-state index contributed by atoms with van der Waals surface area (Å²) in [5.41, 5.74) is 2.02. The zero-order valence-electron chi connectivity index (χ0n) is 11.5. The van der Waals surface area contributed by atoms with Crippen molar-refractivity contribution in [2.45, 2.75) is 38.6 Å². The van der Waals surface area contributed by atoms with Gasteiger partial charge in [-0.2, -0.15) is 0 Å². The summed E-state index contributed by atoms with van der Waals surface area (Å²) in [5.74, 6) is -0.0627. The van der Waals surface area contributed by atoms with Gasteiger partial charge in [0.1, 0.15) is 6.04 Å². The van der Waals surface area contributed by atoms with Gasteiger partial charge >= 0.3 is 0 Å². The lowest BCUT2D eigenvalue weighted by atomic mass is 10.1. The number of hydrogen-bond donors (Lipinski definition) is 1. The van der Waals surface area contributed by atoms with Crippen LogP contribution in [-0.2, 0) is 9.59 Å². The van der Waals surface area contributed by atoms with E-state index in [-0.39, 0.29) is 17.9 Å². The highest BCUT2D eigenvalue weighted by Crippen LogP contribution is 2.17. The molecule has 2 amide bonds. The third-order valence-corrected chi connectivity index (χ3v) is 3.53. The number of likely N-dealkylation sites (N-methyl/N-ethyl adjacent to an activating group) is 1. The Hall–Kier alpha value is -1.84. The number of aryl methyl sites for hydroxylation is 1. The molecule has 1 aliphatic rings. The van der Waals surface area contributed by atoms with Crippen LogP contribution in [0.1, 0.15) is 31.2 Å². The minimum atomic E-state index is -0.388. The second-order valence-electron chi connectivity index (χ2n) is 5.10. The van der Waals surface area contributed by atoms with Crippen molar-refractivity contribution in [1.82, 2.24) is 5.32 Å². The lowest BCUT2D eigenvalue weighted by molar-refractivity contribution is -0.126. The lowest BCUT2D eigenvalue weighted by Crippen LogP contribution is -2.46. The first-order chi connectivity index (χ1) is 9.08. The van der Waals surface area contributed by atoms with E-state index in [0.717, 1.165) is 30.5 Å². The van der Waals surface area contributed by atoms with Crippen LogP contribution in [0.2, 0.25) is 0 Å². The van der Waals surface area contributed by atoms with Gasteiger partial charge < -0.3 is 10.2 Å². The maximum atomic E-state index is 12.4. The molecule has 1 saturated heterocycles. The van der Waals surface area contributed by atoms with Gasteiger partial charge in [-0.05, 0) is 31.9 Å². The molecule has 1 fully saturated rings. The predicted molar refractivity (Wildman–Crippen MR) is 75.0 cm³/mol. The Kier molecular flexibility index (Phi) is 4.20. The Morgan fingerprint density at radius 1 is 1.26 bits per heavy atom. The third kappa shape index (κ3) is 3.34. The Bertz CT molecular complexity index is 468. The monoisotopic (exact) mass is 260 g/mol. The smallest absolute Gasteiger partial charge is 0.249 e. The Balaban J connectivity index is 2.09. The number of carbonyl (C=O) groups excluding carboxylic acids is 2. The van der Waals surface area contributed by atoms with Gasteiger partial charge in [0.25, 0.3) is 0 Å². The van der Waals surface area contributed by atoms with E-state index in [1.54, 1.807) is 11.9 Å². The molecule has 0 unspecified atom stereocenters. The summed E-state index contributed by atoms with van der Waals surface area (Å²) in [6.07, 6.45) is 3.03. The summed E-state index contributed by atoms with van der Waals surface area (Å²) in [5, 5.41) is 2.81. The summed E-state index contributed by atoms with van der Waals surface area (Å²) in [7, 11) is 1.75. The second kappa shape index (κ2) is 5.87. The molecule has 1 heterocycles. The van der Waals surface area contributed by atoms with Crippen molar-refractivity contribution in [2.75, 3.05) is 11.9 Å². The molecule has 1 aromatic carbocycles. The van der Waals surface area contributed by atoms with Crippen LogP contribution in [-0.4, -0.2) is 24.9 Å². The molecule has 2 rings (SSSR count). The molecule has 0 aromatic heterocycles. The number of nitrogens with zero attached hydrogens (tertiary/aromatic N) is 1. The van der Waals surface area contributed by atoms with E-state index < -0.39 is 0 Å². The highest BCUT2D eigenvalue weighted by molar-refractivity contribution is 5.98. The van der Waals surface area contributed by atoms with Crippen LogP contribution in [0.3, 0.4) is 0 Å². The average molecular weight is 260 g/mol. The van der Waals surface area contributed by atoms with Gasteiger partial charge in [0.15, 0.2) is 0 Å². The number of benzene rings is 1. The third-order valence-electron chi connectivity index (χ3n) is 3.53. The van der Waals surface area contributed by atoms with E-state index in [4.69, 9.17) is 0 Å². The van der Waals surface area contributed by atoms with Crippen LogP contribution in [0.25, 0.3) is 0 Å². The molecule has 0 saturated carbocycles. The first-order valence-corrected chi connectivity index (χ1v) is 6.71. The largest absolute Gasteiger partial charge is 0.344 e.